The van der Waals surface area contributed by atoms with Gasteiger partial charge in [0.15, 0.2) is 0 Å². The van der Waals surface area contributed by atoms with Crippen LogP contribution in [-0.2, 0) is 0 Å². The summed E-state index contributed by atoms with van der Waals surface area (Å²) in [7, 11) is 0. The average Bonchev–Trinajstić information content (AvgIpc) is 2.83. The molecule has 0 bridgehead atoms. The van der Waals surface area contributed by atoms with Crippen molar-refractivity contribution in [3.05, 3.63) is 34.7 Å². The molecule has 0 spiro atoms. The molecule has 0 saturated heterocycles. The molecule has 86 valence electrons. The summed E-state index contributed by atoms with van der Waals surface area (Å²) in [5.41, 5.74) is 10.5. The molecule has 0 amide bonds. The van der Waals surface area contributed by atoms with Gasteiger partial charge in [-0.3, -0.25) is 0 Å². The Morgan fingerprint density at radius 3 is 2.59 bits per heavy atom. The molecular weight excluding hydrogens is 232 g/mol. The zero-order chi connectivity index (χ0) is 12.0. The van der Waals surface area contributed by atoms with Gasteiger partial charge < -0.3 is 10.3 Å². The van der Waals surface area contributed by atoms with Crippen LogP contribution in [0.1, 0.15) is 10.4 Å². The van der Waals surface area contributed by atoms with Crippen molar-refractivity contribution in [2.45, 2.75) is 13.8 Å². The average molecular weight is 244 g/mol. The largest absolute Gasteiger partial charge is 0.395 e. The minimum atomic E-state index is 0.705. The highest BCUT2D eigenvalue weighted by atomic mass is 32.1. The minimum Gasteiger partial charge on any atom is -0.395 e. The van der Waals surface area contributed by atoms with Crippen molar-refractivity contribution in [3.63, 3.8) is 0 Å². The van der Waals surface area contributed by atoms with Crippen molar-refractivity contribution in [2.24, 2.45) is 0 Å². The minimum absolute atomic E-state index is 0.705. The number of aromatic nitrogens is 1. The van der Waals surface area contributed by atoms with Crippen LogP contribution in [0.3, 0.4) is 0 Å². The predicted molar refractivity (Wildman–Crippen MR) is 71.2 cm³/mol. The first-order valence-electron chi connectivity index (χ1n) is 5.38. The molecule has 0 saturated carbocycles. The number of hydrogen-bond donors (Lipinski definition) is 1. The molecule has 0 aliphatic heterocycles. The van der Waals surface area contributed by atoms with E-state index >= 15 is 0 Å². The molecule has 4 heteroatoms. The molecule has 0 radical (unpaired) electrons. The molecule has 0 aliphatic carbocycles. The molecule has 0 aliphatic rings. The summed E-state index contributed by atoms with van der Waals surface area (Å²) in [4.78, 5) is 1.08. The lowest BCUT2D eigenvalue weighted by Gasteiger charge is -1.96. The van der Waals surface area contributed by atoms with E-state index in [-0.39, 0.29) is 0 Å². The first-order chi connectivity index (χ1) is 8.16. The number of aryl methyl sites for hydroxylation is 2. The molecule has 2 aromatic heterocycles. The van der Waals surface area contributed by atoms with E-state index in [2.05, 4.69) is 36.3 Å². The monoisotopic (exact) mass is 244 g/mol. The van der Waals surface area contributed by atoms with Crippen LogP contribution >= 0.6 is 11.3 Å². The molecule has 0 atom stereocenters. The van der Waals surface area contributed by atoms with Gasteiger partial charge in [0, 0.05) is 10.4 Å². The maximum Gasteiger partial charge on any atom is 0.201 e. The molecule has 2 N–H and O–H groups in total. The van der Waals surface area contributed by atoms with Gasteiger partial charge in [0.2, 0.25) is 5.58 Å². The van der Waals surface area contributed by atoms with Crippen LogP contribution in [0.15, 0.2) is 28.8 Å². The van der Waals surface area contributed by atoms with Gasteiger partial charge in [-0.1, -0.05) is 35.0 Å². The first kappa shape index (κ1) is 10.4. The number of fused-ring (bicyclic) bond motifs is 1. The summed E-state index contributed by atoms with van der Waals surface area (Å²) < 4.78 is 6.35. The molecule has 0 unspecified atom stereocenters. The van der Waals surface area contributed by atoms with Crippen LogP contribution in [0.2, 0.25) is 0 Å². The Kier molecular flexibility index (Phi) is 2.19. The highest BCUT2D eigenvalue weighted by molar-refractivity contribution is 7.20. The van der Waals surface area contributed by atoms with E-state index in [0.29, 0.717) is 11.3 Å². The van der Waals surface area contributed by atoms with Crippen LogP contribution in [0, 0.1) is 13.8 Å². The van der Waals surface area contributed by atoms with Crippen LogP contribution in [0.4, 0.5) is 5.69 Å². The second-order valence-electron chi connectivity index (χ2n) is 4.13. The van der Waals surface area contributed by atoms with Crippen molar-refractivity contribution in [2.75, 3.05) is 5.73 Å². The van der Waals surface area contributed by atoms with Crippen LogP contribution < -0.4 is 5.73 Å². The van der Waals surface area contributed by atoms with E-state index in [4.69, 9.17) is 10.3 Å². The van der Waals surface area contributed by atoms with Crippen molar-refractivity contribution in [3.8, 4) is 11.3 Å². The van der Waals surface area contributed by atoms with E-state index in [1.807, 2.05) is 6.92 Å². The smallest absolute Gasteiger partial charge is 0.201 e. The SMILES string of the molecule is Cc1ccc(-c2noc3c(N)c(C)sc23)cc1. The van der Waals surface area contributed by atoms with Crippen molar-refractivity contribution >= 4 is 27.3 Å². The first-order valence-corrected chi connectivity index (χ1v) is 6.20. The number of thiophene rings is 1. The Balaban J connectivity index is 2.24. The lowest BCUT2D eigenvalue weighted by atomic mass is 10.1. The number of rotatable bonds is 1. The van der Waals surface area contributed by atoms with Gasteiger partial charge in [0.05, 0.1) is 5.69 Å². The molecular formula is C13H12N2OS. The summed E-state index contributed by atoms with van der Waals surface area (Å²) in [6.07, 6.45) is 0. The number of nitrogen functional groups attached to an aromatic ring is 1. The maximum atomic E-state index is 5.93. The lowest BCUT2D eigenvalue weighted by Crippen LogP contribution is -1.81. The summed E-state index contributed by atoms with van der Waals surface area (Å²) in [6, 6.07) is 8.25. The van der Waals surface area contributed by atoms with Crippen LogP contribution in [-0.4, -0.2) is 5.16 Å². The molecule has 17 heavy (non-hydrogen) atoms. The molecule has 0 fully saturated rings. The molecule has 2 heterocycles. The highest BCUT2D eigenvalue weighted by Gasteiger charge is 2.16. The van der Waals surface area contributed by atoms with Gasteiger partial charge in [-0.2, -0.15) is 0 Å². The molecule has 3 aromatic rings. The van der Waals surface area contributed by atoms with Crippen molar-refractivity contribution in [1.29, 1.82) is 0 Å². The van der Waals surface area contributed by atoms with Gasteiger partial charge in [0.25, 0.3) is 0 Å². The third-order valence-corrected chi connectivity index (χ3v) is 3.96. The number of nitrogens with two attached hydrogens (primary N) is 1. The van der Waals surface area contributed by atoms with E-state index in [9.17, 15) is 0 Å². The Hall–Kier alpha value is -1.81. The standard InChI is InChI=1S/C13H12N2OS/c1-7-3-5-9(6-4-7)11-13-12(16-15-11)10(14)8(2)17-13/h3-6H,14H2,1-2H3. The van der Waals surface area contributed by atoms with Gasteiger partial charge in [-0.25, -0.2) is 0 Å². The van der Waals surface area contributed by atoms with E-state index in [1.165, 1.54) is 5.56 Å². The number of anilines is 1. The zero-order valence-electron chi connectivity index (χ0n) is 9.65. The third kappa shape index (κ3) is 1.52. The highest BCUT2D eigenvalue weighted by Crippen LogP contribution is 2.39. The molecule has 3 nitrogen and oxygen atoms in total. The summed E-state index contributed by atoms with van der Waals surface area (Å²) in [5.74, 6) is 0. The fraction of sp³-hybridized carbons (Fsp3) is 0.154. The van der Waals surface area contributed by atoms with E-state index < -0.39 is 0 Å². The summed E-state index contributed by atoms with van der Waals surface area (Å²) in [6.45, 7) is 4.06. The number of hydrogen-bond acceptors (Lipinski definition) is 4. The zero-order valence-corrected chi connectivity index (χ0v) is 10.5. The maximum absolute atomic E-state index is 5.93. The second-order valence-corrected chi connectivity index (χ2v) is 5.35. The quantitative estimate of drug-likeness (QED) is 0.709. The van der Waals surface area contributed by atoms with Gasteiger partial charge in [-0.05, 0) is 13.8 Å². The summed E-state index contributed by atoms with van der Waals surface area (Å²) >= 11 is 1.63. The van der Waals surface area contributed by atoms with Crippen LogP contribution in [0.25, 0.3) is 21.5 Å². The second kappa shape index (κ2) is 3.60. The number of benzene rings is 1. The van der Waals surface area contributed by atoms with Gasteiger partial charge >= 0.3 is 0 Å². The Morgan fingerprint density at radius 2 is 1.88 bits per heavy atom. The fourth-order valence-corrected chi connectivity index (χ4v) is 2.81. The normalized spacial score (nSPS) is 11.2. The van der Waals surface area contributed by atoms with Gasteiger partial charge in [0.1, 0.15) is 10.4 Å². The lowest BCUT2D eigenvalue weighted by molar-refractivity contribution is 0.460. The summed E-state index contributed by atoms with van der Waals surface area (Å²) in [5, 5.41) is 4.11. The van der Waals surface area contributed by atoms with E-state index in [1.54, 1.807) is 11.3 Å². The molecule has 3 rings (SSSR count). The molecule has 1 aromatic carbocycles. The predicted octanol–water partition coefficient (Wildman–Crippen LogP) is 3.76. The Labute approximate surface area is 103 Å². The third-order valence-electron chi connectivity index (χ3n) is 2.85. The van der Waals surface area contributed by atoms with Crippen molar-refractivity contribution < 1.29 is 4.52 Å². The van der Waals surface area contributed by atoms with Crippen LogP contribution in [0.5, 0.6) is 0 Å². The topological polar surface area (TPSA) is 52.0 Å². The van der Waals surface area contributed by atoms with Gasteiger partial charge in [-0.15, -0.1) is 11.3 Å². The Bertz CT molecular complexity index is 679. The Morgan fingerprint density at radius 1 is 1.18 bits per heavy atom. The fourth-order valence-electron chi connectivity index (χ4n) is 1.81. The van der Waals surface area contributed by atoms with E-state index in [0.717, 1.165) is 20.8 Å². The number of nitrogens with zero attached hydrogens (tertiary/aromatic N) is 1. The van der Waals surface area contributed by atoms with Crippen molar-refractivity contribution in [1.82, 2.24) is 5.16 Å².